The predicted octanol–water partition coefficient (Wildman–Crippen LogP) is 4.14. The van der Waals surface area contributed by atoms with Gasteiger partial charge in [-0.15, -0.1) is 0 Å². The van der Waals surface area contributed by atoms with Crippen molar-refractivity contribution < 1.29 is 8.42 Å². The van der Waals surface area contributed by atoms with Crippen LogP contribution in [0, 0.1) is 0 Å². The molecule has 2 aromatic carbocycles. The maximum Gasteiger partial charge on any atom is 0.229 e. The zero-order chi connectivity index (χ0) is 18.9. The number of pyridine rings is 1. The molecule has 0 atom stereocenters. The Morgan fingerprint density at radius 2 is 1.74 bits per heavy atom. The second kappa shape index (κ2) is 7.00. The van der Waals surface area contributed by atoms with E-state index in [4.69, 9.17) is 0 Å². The smallest absolute Gasteiger partial charge is 0.229 e. The van der Waals surface area contributed by atoms with Crippen molar-refractivity contribution in [2.75, 3.05) is 11.0 Å². The van der Waals surface area contributed by atoms with Crippen LogP contribution in [0.25, 0.3) is 11.6 Å². The number of hydrogen-bond acceptors (Lipinski definition) is 3. The van der Waals surface area contributed by atoms with Crippen LogP contribution in [-0.4, -0.2) is 19.7 Å². The lowest BCUT2D eigenvalue weighted by Crippen LogP contribution is -2.09. The fraction of sp³-hybridized carbons (Fsp3) is 0.136. The number of nitrogens with zero attached hydrogens (tertiary/aromatic N) is 1. The Hall–Kier alpha value is -2.92. The zero-order valence-electron chi connectivity index (χ0n) is 15.0. The van der Waals surface area contributed by atoms with Gasteiger partial charge in [0.25, 0.3) is 0 Å². The lowest BCUT2D eigenvalue weighted by molar-refractivity contribution is 0.607. The molecule has 0 amide bonds. The lowest BCUT2D eigenvalue weighted by atomic mass is 9.93. The molecule has 1 aliphatic carbocycles. The van der Waals surface area contributed by atoms with Crippen molar-refractivity contribution in [1.82, 2.24) is 4.98 Å². The highest BCUT2D eigenvalue weighted by molar-refractivity contribution is 7.92. The molecule has 0 spiro atoms. The average Bonchev–Trinajstić information content (AvgIpc) is 2.79. The van der Waals surface area contributed by atoms with Crippen molar-refractivity contribution in [3.8, 4) is 0 Å². The van der Waals surface area contributed by atoms with E-state index < -0.39 is 10.0 Å². The summed E-state index contributed by atoms with van der Waals surface area (Å²) < 4.78 is 25.6. The van der Waals surface area contributed by atoms with E-state index in [-0.39, 0.29) is 0 Å². The van der Waals surface area contributed by atoms with Gasteiger partial charge in [-0.3, -0.25) is 9.71 Å². The second-order valence-electron chi connectivity index (χ2n) is 6.75. The predicted molar refractivity (Wildman–Crippen MR) is 110 cm³/mol. The van der Waals surface area contributed by atoms with E-state index in [1.165, 1.54) is 16.7 Å². The summed E-state index contributed by atoms with van der Waals surface area (Å²) in [7, 11) is -3.31. The number of rotatable bonds is 3. The van der Waals surface area contributed by atoms with Gasteiger partial charge in [0, 0.05) is 23.6 Å². The van der Waals surface area contributed by atoms with Crippen molar-refractivity contribution in [1.29, 1.82) is 0 Å². The fourth-order valence-electron chi connectivity index (χ4n) is 3.53. The minimum absolute atomic E-state index is 0.556. The Kier molecular flexibility index (Phi) is 4.54. The second-order valence-corrected chi connectivity index (χ2v) is 8.50. The number of benzene rings is 2. The molecule has 0 saturated carbocycles. The van der Waals surface area contributed by atoms with Crippen LogP contribution >= 0.6 is 0 Å². The third-order valence-corrected chi connectivity index (χ3v) is 5.28. The maximum absolute atomic E-state index is 11.5. The lowest BCUT2D eigenvalue weighted by Gasteiger charge is -2.12. The molecule has 4 rings (SSSR count). The molecule has 1 heterocycles. The number of aromatic nitrogens is 1. The van der Waals surface area contributed by atoms with E-state index >= 15 is 0 Å². The molecule has 0 radical (unpaired) electrons. The first kappa shape index (κ1) is 17.5. The van der Waals surface area contributed by atoms with Gasteiger partial charge in [-0.25, -0.2) is 8.42 Å². The van der Waals surface area contributed by atoms with Gasteiger partial charge in [0.05, 0.1) is 6.26 Å². The van der Waals surface area contributed by atoms with Crippen LogP contribution in [0.5, 0.6) is 0 Å². The molecular formula is C22H20N2O2S. The summed E-state index contributed by atoms with van der Waals surface area (Å²) in [4.78, 5) is 4.34. The molecule has 5 heteroatoms. The van der Waals surface area contributed by atoms with Gasteiger partial charge in [0.2, 0.25) is 10.0 Å². The van der Waals surface area contributed by atoms with Crippen LogP contribution in [0.3, 0.4) is 0 Å². The SMILES string of the molecule is CS(=O)(=O)Nc1cccc(/C=C2/c3ccccc3CCc3ccncc32)c1. The first-order valence-electron chi connectivity index (χ1n) is 8.81. The molecule has 136 valence electrons. The first-order chi connectivity index (χ1) is 13.0. The molecular weight excluding hydrogens is 356 g/mol. The molecule has 0 aliphatic heterocycles. The monoisotopic (exact) mass is 376 g/mol. The summed E-state index contributed by atoms with van der Waals surface area (Å²) in [5.74, 6) is 0. The minimum Gasteiger partial charge on any atom is -0.284 e. The topological polar surface area (TPSA) is 59.1 Å². The van der Waals surface area contributed by atoms with Gasteiger partial charge in [-0.2, -0.15) is 0 Å². The number of sulfonamides is 1. The van der Waals surface area contributed by atoms with Gasteiger partial charge in [-0.05, 0) is 64.9 Å². The molecule has 0 saturated heterocycles. The van der Waals surface area contributed by atoms with Crippen LogP contribution < -0.4 is 4.72 Å². The quantitative estimate of drug-likeness (QED) is 0.747. The number of anilines is 1. The van der Waals surface area contributed by atoms with Gasteiger partial charge in [-0.1, -0.05) is 36.4 Å². The summed E-state index contributed by atoms with van der Waals surface area (Å²) >= 11 is 0. The number of fused-ring (bicyclic) bond motifs is 2. The molecule has 1 aliphatic rings. The van der Waals surface area contributed by atoms with Crippen molar-refractivity contribution in [2.45, 2.75) is 12.8 Å². The average molecular weight is 376 g/mol. The van der Waals surface area contributed by atoms with Crippen molar-refractivity contribution in [2.24, 2.45) is 0 Å². The number of hydrogen-bond donors (Lipinski definition) is 1. The van der Waals surface area contributed by atoms with E-state index in [0.717, 1.165) is 35.8 Å². The van der Waals surface area contributed by atoms with Crippen LogP contribution in [0.2, 0.25) is 0 Å². The van der Waals surface area contributed by atoms with Crippen LogP contribution in [0.15, 0.2) is 67.0 Å². The van der Waals surface area contributed by atoms with Gasteiger partial charge < -0.3 is 0 Å². The summed E-state index contributed by atoms with van der Waals surface area (Å²) in [6, 6.07) is 17.9. The third kappa shape index (κ3) is 3.93. The summed E-state index contributed by atoms with van der Waals surface area (Å²) in [6.45, 7) is 0. The molecule has 0 unspecified atom stereocenters. The summed E-state index contributed by atoms with van der Waals surface area (Å²) in [5.41, 5.74) is 7.52. The normalized spacial score (nSPS) is 14.9. The Bertz CT molecular complexity index is 1080. The van der Waals surface area contributed by atoms with Crippen LogP contribution in [0.1, 0.15) is 27.8 Å². The molecule has 3 aromatic rings. The highest BCUT2D eigenvalue weighted by atomic mass is 32.2. The van der Waals surface area contributed by atoms with E-state index in [1.54, 1.807) is 6.07 Å². The molecule has 1 aromatic heterocycles. The van der Waals surface area contributed by atoms with Crippen molar-refractivity contribution in [3.63, 3.8) is 0 Å². The molecule has 0 bridgehead atoms. The van der Waals surface area contributed by atoms with E-state index in [0.29, 0.717) is 5.69 Å². The van der Waals surface area contributed by atoms with E-state index in [1.807, 2.05) is 30.6 Å². The standard InChI is InChI=1S/C22H20N2O2S/c1-27(25,26)24-19-7-4-5-16(13-19)14-21-20-8-3-2-6-17(20)9-10-18-11-12-23-15-22(18)21/h2-8,11-15,24H,9-10H2,1H3/b21-14-. The summed E-state index contributed by atoms with van der Waals surface area (Å²) in [5, 5.41) is 0. The maximum atomic E-state index is 11.5. The van der Waals surface area contributed by atoms with Crippen LogP contribution in [-0.2, 0) is 22.9 Å². The minimum atomic E-state index is -3.31. The van der Waals surface area contributed by atoms with Gasteiger partial charge >= 0.3 is 0 Å². The van der Waals surface area contributed by atoms with E-state index in [2.05, 4.69) is 46.1 Å². The Morgan fingerprint density at radius 3 is 2.56 bits per heavy atom. The van der Waals surface area contributed by atoms with Gasteiger partial charge in [0.1, 0.15) is 0 Å². The molecule has 0 fully saturated rings. The zero-order valence-corrected chi connectivity index (χ0v) is 15.8. The molecule has 4 nitrogen and oxygen atoms in total. The summed E-state index contributed by atoms with van der Waals surface area (Å²) in [6.07, 6.45) is 8.98. The molecule has 27 heavy (non-hydrogen) atoms. The Labute approximate surface area is 159 Å². The first-order valence-corrected chi connectivity index (χ1v) is 10.7. The number of aryl methyl sites for hydroxylation is 2. The highest BCUT2D eigenvalue weighted by Crippen LogP contribution is 2.34. The van der Waals surface area contributed by atoms with Gasteiger partial charge in [0.15, 0.2) is 0 Å². The third-order valence-electron chi connectivity index (χ3n) is 4.67. The largest absolute Gasteiger partial charge is 0.284 e. The van der Waals surface area contributed by atoms with Crippen molar-refractivity contribution >= 4 is 27.4 Å². The Morgan fingerprint density at radius 1 is 0.963 bits per heavy atom. The van der Waals surface area contributed by atoms with Crippen molar-refractivity contribution in [3.05, 3.63) is 94.8 Å². The fourth-order valence-corrected chi connectivity index (χ4v) is 4.08. The highest BCUT2D eigenvalue weighted by Gasteiger charge is 2.18. The van der Waals surface area contributed by atoms with E-state index in [9.17, 15) is 8.42 Å². The molecule has 1 N–H and O–H groups in total. The number of nitrogens with one attached hydrogen (secondary N) is 1. The Balaban J connectivity index is 1.87. The van der Waals surface area contributed by atoms with Crippen LogP contribution in [0.4, 0.5) is 5.69 Å².